The Labute approximate surface area is 186 Å². The lowest BCUT2D eigenvalue weighted by Crippen LogP contribution is -2.50. The maximum absolute atomic E-state index is 13.2. The molecule has 5 heteroatoms. The Morgan fingerprint density at radius 1 is 1.03 bits per heavy atom. The van der Waals surface area contributed by atoms with Gasteiger partial charge in [0, 0.05) is 13.1 Å². The molecular weight excluding hydrogens is 388 g/mol. The fraction of sp³-hybridized carbons (Fsp3) is 0.462. The number of likely N-dealkylation sites (N-methyl/N-ethyl adjacent to an activating group) is 1. The van der Waals surface area contributed by atoms with Crippen molar-refractivity contribution in [2.45, 2.75) is 66.0 Å². The molecule has 0 saturated heterocycles. The van der Waals surface area contributed by atoms with Crippen molar-refractivity contribution in [1.82, 2.24) is 10.2 Å². The van der Waals surface area contributed by atoms with Crippen LogP contribution in [-0.4, -0.2) is 35.9 Å². The van der Waals surface area contributed by atoms with Crippen molar-refractivity contribution in [3.05, 3.63) is 65.2 Å². The maximum atomic E-state index is 13.2. The number of amides is 2. The first-order valence-electron chi connectivity index (χ1n) is 11.0. The number of hydrogen-bond donors (Lipinski definition) is 1. The molecule has 5 nitrogen and oxygen atoms in total. The highest BCUT2D eigenvalue weighted by molar-refractivity contribution is 5.88. The van der Waals surface area contributed by atoms with Gasteiger partial charge in [-0.2, -0.15) is 0 Å². The zero-order valence-corrected chi connectivity index (χ0v) is 19.7. The van der Waals surface area contributed by atoms with Crippen molar-refractivity contribution >= 4 is 11.8 Å². The largest absolute Gasteiger partial charge is 0.484 e. The highest BCUT2D eigenvalue weighted by Gasteiger charge is 2.29. The number of nitrogens with zero attached hydrogens (tertiary/aromatic N) is 1. The highest BCUT2D eigenvalue weighted by atomic mass is 16.5. The summed E-state index contributed by atoms with van der Waals surface area (Å²) in [5, 5.41) is 2.85. The van der Waals surface area contributed by atoms with Crippen LogP contribution < -0.4 is 10.1 Å². The molecule has 0 aliphatic carbocycles. The number of hydrogen-bond acceptors (Lipinski definition) is 3. The summed E-state index contributed by atoms with van der Waals surface area (Å²) in [6.07, 6.45) is 0.531. The first kappa shape index (κ1) is 24.4. The summed E-state index contributed by atoms with van der Waals surface area (Å²) in [5.41, 5.74) is 3.37. The molecule has 0 saturated carbocycles. The van der Waals surface area contributed by atoms with Gasteiger partial charge in [0.15, 0.2) is 6.61 Å². The molecule has 0 aromatic heterocycles. The van der Waals surface area contributed by atoms with Gasteiger partial charge < -0.3 is 15.0 Å². The molecule has 0 aliphatic rings. The summed E-state index contributed by atoms with van der Waals surface area (Å²) < 4.78 is 5.80. The normalized spacial score (nSPS) is 12.2. The van der Waals surface area contributed by atoms with Crippen LogP contribution in [0, 0.1) is 6.92 Å². The van der Waals surface area contributed by atoms with Gasteiger partial charge in [-0.1, -0.05) is 64.1 Å². The van der Waals surface area contributed by atoms with Gasteiger partial charge in [0.1, 0.15) is 11.8 Å². The molecule has 31 heavy (non-hydrogen) atoms. The van der Waals surface area contributed by atoms with Crippen LogP contribution in [0.25, 0.3) is 0 Å². The van der Waals surface area contributed by atoms with Gasteiger partial charge in [-0.3, -0.25) is 9.59 Å². The predicted molar refractivity (Wildman–Crippen MR) is 125 cm³/mol. The van der Waals surface area contributed by atoms with Gasteiger partial charge in [-0.25, -0.2) is 0 Å². The van der Waals surface area contributed by atoms with Gasteiger partial charge in [0.2, 0.25) is 5.91 Å². The average Bonchev–Trinajstić information content (AvgIpc) is 2.73. The smallest absolute Gasteiger partial charge is 0.261 e. The number of nitrogens with one attached hydrogen (secondary N) is 1. The molecule has 0 radical (unpaired) electrons. The monoisotopic (exact) mass is 424 g/mol. The van der Waals surface area contributed by atoms with Crippen LogP contribution in [0.15, 0.2) is 48.5 Å². The molecule has 0 bridgehead atoms. The molecule has 1 atom stereocenters. The van der Waals surface area contributed by atoms with Crippen molar-refractivity contribution in [2.24, 2.45) is 0 Å². The number of aryl methyl sites for hydroxylation is 1. The van der Waals surface area contributed by atoms with E-state index in [1.807, 2.05) is 69.3 Å². The van der Waals surface area contributed by atoms with Crippen LogP contribution in [0.5, 0.6) is 5.75 Å². The molecule has 0 fully saturated rings. The van der Waals surface area contributed by atoms with Crippen molar-refractivity contribution in [3.63, 3.8) is 0 Å². The molecule has 2 aromatic rings. The minimum Gasteiger partial charge on any atom is -0.484 e. The number of carbonyl (C=O) groups excluding carboxylic acids is 2. The van der Waals surface area contributed by atoms with E-state index < -0.39 is 6.04 Å². The first-order chi connectivity index (χ1) is 14.7. The van der Waals surface area contributed by atoms with Gasteiger partial charge >= 0.3 is 0 Å². The van der Waals surface area contributed by atoms with E-state index in [4.69, 9.17) is 4.74 Å². The van der Waals surface area contributed by atoms with Gasteiger partial charge in [0.25, 0.3) is 5.91 Å². The van der Waals surface area contributed by atoms with Crippen LogP contribution in [-0.2, 0) is 21.5 Å². The Morgan fingerprint density at radius 2 is 1.68 bits per heavy atom. The van der Waals surface area contributed by atoms with Crippen LogP contribution >= 0.6 is 0 Å². The first-order valence-corrected chi connectivity index (χ1v) is 11.0. The molecular formula is C26H36N2O3. The molecule has 0 spiro atoms. The van der Waals surface area contributed by atoms with Gasteiger partial charge in [0.05, 0.1) is 0 Å². The van der Waals surface area contributed by atoms with E-state index in [0.717, 1.165) is 11.1 Å². The van der Waals surface area contributed by atoms with Crippen molar-refractivity contribution in [1.29, 1.82) is 0 Å². The minimum atomic E-state index is -0.543. The predicted octanol–water partition coefficient (Wildman–Crippen LogP) is 4.61. The summed E-state index contributed by atoms with van der Waals surface area (Å²) in [4.78, 5) is 27.5. The van der Waals surface area contributed by atoms with E-state index in [1.165, 1.54) is 5.56 Å². The second-order valence-electron chi connectivity index (χ2n) is 8.83. The standard InChI is InChI=1S/C26H36N2O3/c1-7-23(25(30)27-8-2)28(17-20-12-10-9-11-19(20)3)24(29)18-31-22-15-13-21(14-16-22)26(4,5)6/h9-16,23H,7-8,17-18H2,1-6H3,(H,27,30)/t23-/m0/s1. The number of ether oxygens (including phenoxy) is 1. The maximum Gasteiger partial charge on any atom is 0.261 e. The summed E-state index contributed by atoms with van der Waals surface area (Å²) >= 11 is 0. The van der Waals surface area contributed by atoms with E-state index >= 15 is 0 Å². The second-order valence-corrected chi connectivity index (χ2v) is 8.83. The van der Waals surface area contributed by atoms with E-state index in [1.54, 1.807) is 4.90 Å². The number of benzene rings is 2. The Morgan fingerprint density at radius 3 is 2.23 bits per heavy atom. The van der Waals surface area contributed by atoms with E-state index in [2.05, 4.69) is 26.1 Å². The fourth-order valence-corrected chi connectivity index (χ4v) is 3.46. The lowest BCUT2D eigenvalue weighted by atomic mass is 9.87. The molecule has 0 heterocycles. The van der Waals surface area contributed by atoms with Crippen molar-refractivity contribution < 1.29 is 14.3 Å². The van der Waals surface area contributed by atoms with Crippen molar-refractivity contribution in [2.75, 3.05) is 13.2 Å². The van der Waals surface area contributed by atoms with Gasteiger partial charge in [-0.05, 0) is 54.5 Å². The molecule has 168 valence electrons. The third-order valence-corrected chi connectivity index (χ3v) is 5.42. The third-order valence-electron chi connectivity index (χ3n) is 5.42. The summed E-state index contributed by atoms with van der Waals surface area (Å²) in [7, 11) is 0. The van der Waals surface area contributed by atoms with Crippen LogP contribution in [0.4, 0.5) is 0 Å². The third kappa shape index (κ3) is 6.84. The van der Waals surface area contributed by atoms with E-state index in [-0.39, 0.29) is 23.8 Å². The molecule has 0 unspecified atom stereocenters. The van der Waals surface area contributed by atoms with E-state index in [9.17, 15) is 9.59 Å². The van der Waals surface area contributed by atoms with Crippen LogP contribution in [0.3, 0.4) is 0 Å². The van der Waals surface area contributed by atoms with Crippen LogP contribution in [0.2, 0.25) is 0 Å². The Balaban J connectivity index is 2.18. The number of rotatable bonds is 9. The summed E-state index contributed by atoms with van der Waals surface area (Å²) in [6.45, 7) is 13.1. The second kappa shape index (κ2) is 11.0. The quantitative estimate of drug-likeness (QED) is 0.639. The Bertz CT molecular complexity index is 869. The minimum absolute atomic E-state index is 0.0552. The SMILES string of the molecule is CCNC(=O)[C@H](CC)N(Cc1ccccc1C)C(=O)COc1ccc(C(C)(C)C)cc1. The Kier molecular flexibility index (Phi) is 8.66. The van der Waals surface area contributed by atoms with E-state index in [0.29, 0.717) is 25.3 Å². The Hall–Kier alpha value is -2.82. The van der Waals surface area contributed by atoms with Crippen molar-refractivity contribution in [3.8, 4) is 5.75 Å². The zero-order valence-electron chi connectivity index (χ0n) is 19.7. The highest BCUT2D eigenvalue weighted by Crippen LogP contribution is 2.24. The summed E-state index contributed by atoms with van der Waals surface area (Å²) in [6, 6.07) is 15.2. The lowest BCUT2D eigenvalue weighted by molar-refractivity contribution is -0.142. The molecule has 0 aliphatic heterocycles. The molecule has 1 N–H and O–H groups in total. The zero-order chi connectivity index (χ0) is 23.0. The summed E-state index contributed by atoms with van der Waals surface area (Å²) in [5.74, 6) is 0.297. The topological polar surface area (TPSA) is 58.6 Å². The lowest BCUT2D eigenvalue weighted by Gasteiger charge is -2.31. The molecule has 2 amide bonds. The van der Waals surface area contributed by atoms with Crippen LogP contribution in [0.1, 0.15) is 57.7 Å². The van der Waals surface area contributed by atoms with Gasteiger partial charge in [-0.15, -0.1) is 0 Å². The molecule has 2 rings (SSSR count). The fourth-order valence-electron chi connectivity index (χ4n) is 3.46. The number of carbonyl (C=O) groups is 2. The molecule has 2 aromatic carbocycles. The average molecular weight is 425 g/mol.